The third-order valence-corrected chi connectivity index (χ3v) is 5.92. The van der Waals surface area contributed by atoms with Crippen molar-refractivity contribution in [2.24, 2.45) is 0 Å². The number of hydrogen-bond acceptors (Lipinski definition) is 5. The van der Waals surface area contributed by atoms with E-state index in [4.69, 9.17) is 0 Å². The molecule has 0 spiro atoms. The number of thioether (sulfide) groups is 1. The summed E-state index contributed by atoms with van der Waals surface area (Å²) in [6.45, 7) is 0. The normalized spacial score (nSPS) is 10.8. The number of aromatic nitrogens is 1. The van der Waals surface area contributed by atoms with Gasteiger partial charge in [0.15, 0.2) is 10.9 Å². The summed E-state index contributed by atoms with van der Waals surface area (Å²) in [6.07, 6.45) is 2.02. The zero-order chi connectivity index (χ0) is 19.5. The van der Waals surface area contributed by atoms with Crippen LogP contribution in [0.2, 0.25) is 0 Å². The van der Waals surface area contributed by atoms with Gasteiger partial charge in [-0.05, 0) is 36.6 Å². The fourth-order valence-electron chi connectivity index (χ4n) is 2.78. The first kappa shape index (κ1) is 18.4. The lowest BCUT2D eigenvalue weighted by Gasteiger charge is -2.04. The van der Waals surface area contributed by atoms with Crippen molar-refractivity contribution in [2.75, 3.05) is 11.6 Å². The van der Waals surface area contributed by atoms with Crippen LogP contribution < -0.4 is 5.32 Å². The van der Waals surface area contributed by atoms with Crippen LogP contribution in [-0.2, 0) is 0 Å². The summed E-state index contributed by atoms with van der Waals surface area (Å²) in [6, 6.07) is 21.8. The lowest BCUT2D eigenvalue weighted by Crippen LogP contribution is -2.12. The highest BCUT2D eigenvalue weighted by atomic mass is 32.2. The molecule has 1 heterocycles. The molecule has 0 unspecified atom stereocenters. The minimum atomic E-state index is -0.247. The number of nitrogens with one attached hydrogen (secondary N) is 1. The number of hydrogen-bond donors (Lipinski definition) is 1. The molecule has 0 saturated carbocycles. The Labute approximate surface area is 170 Å². The Balaban J connectivity index is 1.50. The van der Waals surface area contributed by atoms with Gasteiger partial charge in [-0.1, -0.05) is 53.8 Å². The number of amides is 1. The van der Waals surface area contributed by atoms with Crippen molar-refractivity contribution in [2.45, 2.75) is 4.90 Å². The molecule has 1 aromatic heterocycles. The van der Waals surface area contributed by atoms with Crippen LogP contribution in [0.5, 0.6) is 0 Å². The smallest absolute Gasteiger partial charge is 0.257 e. The zero-order valence-electron chi connectivity index (χ0n) is 15.0. The van der Waals surface area contributed by atoms with E-state index in [1.165, 1.54) is 11.3 Å². The summed E-state index contributed by atoms with van der Waals surface area (Å²) in [5.74, 6) is -0.314. The second kappa shape index (κ2) is 7.96. The van der Waals surface area contributed by atoms with Gasteiger partial charge in [0.25, 0.3) is 5.91 Å². The van der Waals surface area contributed by atoms with Crippen molar-refractivity contribution in [1.29, 1.82) is 0 Å². The van der Waals surface area contributed by atoms with Crippen LogP contribution >= 0.6 is 23.1 Å². The van der Waals surface area contributed by atoms with Crippen LogP contribution in [0.1, 0.15) is 26.3 Å². The number of carbonyl (C=O) groups excluding carboxylic acids is 2. The lowest BCUT2D eigenvalue weighted by atomic mass is 10.0. The van der Waals surface area contributed by atoms with Crippen LogP contribution in [-0.4, -0.2) is 22.9 Å². The maximum atomic E-state index is 12.5. The molecule has 138 valence electrons. The first-order valence-corrected chi connectivity index (χ1v) is 10.6. The Bertz CT molecular complexity index is 1150. The summed E-state index contributed by atoms with van der Waals surface area (Å²) in [7, 11) is 0. The molecule has 0 atom stereocenters. The third kappa shape index (κ3) is 3.83. The molecule has 0 aliphatic carbocycles. The molecular formula is C22H16N2O2S2. The van der Waals surface area contributed by atoms with Gasteiger partial charge < -0.3 is 0 Å². The van der Waals surface area contributed by atoms with E-state index in [1.54, 1.807) is 48.2 Å². The number of anilines is 1. The van der Waals surface area contributed by atoms with E-state index in [9.17, 15) is 9.59 Å². The minimum absolute atomic E-state index is 0.0664. The number of carbonyl (C=O) groups is 2. The zero-order valence-corrected chi connectivity index (χ0v) is 16.6. The van der Waals surface area contributed by atoms with E-state index >= 15 is 0 Å². The predicted molar refractivity (Wildman–Crippen MR) is 116 cm³/mol. The molecule has 0 radical (unpaired) electrons. The average Bonchev–Trinajstić information content (AvgIpc) is 3.15. The molecule has 6 heteroatoms. The van der Waals surface area contributed by atoms with Gasteiger partial charge in [-0.3, -0.25) is 14.9 Å². The van der Waals surface area contributed by atoms with Gasteiger partial charge in [0.2, 0.25) is 0 Å². The van der Waals surface area contributed by atoms with E-state index in [0.717, 1.165) is 15.1 Å². The van der Waals surface area contributed by atoms with E-state index in [-0.39, 0.29) is 11.7 Å². The predicted octanol–water partition coefficient (Wildman–Crippen LogP) is 5.50. The van der Waals surface area contributed by atoms with Gasteiger partial charge in [0.1, 0.15) is 0 Å². The van der Waals surface area contributed by atoms with Crippen molar-refractivity contribution < 1.29 is 9.59 Å². The number of fused-ring (bicyclic) bond motifs is 1. The number of thiazole rings is 1. The average molecular weight is 405 g/mol. The number of nitrogens with zero attached hydrogens (tertiary/aromatic N) is 1. The number of ketones is 1. The van der Waals surface area contributed by atoms with E-state index in [1.807, 2.05) is 36.6 Å². The molecule has 4 aromatic rings. The Morgan fingerprint density at radius 2 is 1.57 bits per heavy atom. The monoisotopic (exact) mass is 404 g/mol. The second-order valence-corrected chi connectivity index (χ2v) is 7.99. The van der Waals surface area contributed by atoms with Gasteiger partial charge in [0, 0.05) is 21.6 Å². The lowest BCUT2D eigenvalue weighted by molar-refractivity contribution is 0.102. The summed E-state index contributed by atoms with van der Waals surface area (Å²) in [5.41, 5.74) is 2.52. The van der Waals surface area contributed by atoms with Crippen molar-refractivity contribution in [3.63, 3.8) is 0 Å². The van der Waals surface area contributed by atoms with Gasteiger partial charge in [-0.2, -0.15) is 0 Å². The fraction of sp³-hybridized carbons (Fsp3) is 0.0455. The largest absolute Gasteiger partial charge is 0.298 e. The Hall–Kier alpha value is -2.96. The van der Waals surface area contributed by atoms with Gasteiger partial charge in [0.05, 0.1) is 10.2 Å². The van der Waals surface area contributed by atoms with Crippen LogP contribution in [0.3, 0.4) is 0 Å². The molecule has 28 heavy (non-hydrogen) atoms. The van der Waals surface area contributed by atoms with Gasteiger partial charge in [-0.25, -0.2) is 4.98 Å². The topological polar surface area (TPSA) is 59.1 Å². The van der Waals surface area contributed by atoms with Crippen LogP contribution in [0.4, 0.5) is 5.13 Å². The molecule has 4 rings (SSSR count). The maximum Gasteiger partial charge on any atom is 0.257 e. The van der Waals surface area contributed by atoms with Crippen molar-refractivity contribution in [3.05, 3.63) is 89.5 Å². The fourth-order valence-corrected chi connectivity index (χ4v) is 4.20. The standard InChI is InChI=1S/C22H16N2O2S2/c1-27-17-11-12-18-19(13-17)28-22(23-18)24-21(26)16-9-7-15(8-10-16)20(25)14-5-3-2-4-6-14/h2-13H,1H3,(H,23,24,26). The SMILES string of the molecule is CSc1ccc2nc(NC(=O)c3ccc(C(=O)c4ccccc4)cc3)sc2c1. The maximum absolute atomic E-state index is 12.5. The van der Waals surface area contributed by atoms with Crippen LogP contribution in [0.25, 0.3) is 10.2 Å². The first-order chi connectivity index (χ1) is 13.6. The summed E-state index contributed by atoms with van der Waals surface area (Å²) < 4.78 is 1.03. The molecule has 1 amide bonds. The van der Waals surface area contributed by atoms with Gasteiger partial charge in [-0.15, -0.1) is 11.8 Å². The van der Waals surface area contributed by atoms with Crippen molar-refractivity contribution in [1.82, 2.24) is 4.98 Å². The third-order valence-electron chi connectivity index (χ3n) is 4.26. The van der Waals surface area contributed by atoms with Gasteiger partial charge >= 0.3 is 0 Å². The van der Waals surface area contributed by atoms with E-state index in [2.05, 4.69) is 16.4 Å². The second-order valence-electron chi connectivity index (χ2n) is 6.08. The summed E-state index contributed by atoms with van der Waals surface area (Å²) in [4.78, 5) is 30.6. The van der Waals surface area contributed by atoms with E-state index in [0.29, 0.717) is 21.8 Å². The summed E-state index contributed by atoms with van der Waals surface area (Å²) >= 11 is 3.11. The Kier molecular flexibility index (Phi) is 5.23. The quantitative estimate of drug-likeness (QED) is 0.352. The highest BCUT2D eigenvalue weighted by Gasteiger charge is 2.13. The molecular weight excluding hydrogens is 388 g/mol. The number of benzene rings is 3. The molecule has 4 nitrogen and oxygen atoms in total. The molecule has 0 aliphatic rings. The summed E-state index contributed by atoms with van der Waals surface area (Å²) in [5, 5.41) is 3.40. The molecule has 0 saturated heterocycles. The molecule has 1 N–H and O–H groups in total. The highest BCUT2D eigenvalue weighted by Crippen LogP contribution is 2.29. The molecule has 3 aromatic carbocycles. The van der Waals surface area contributed by atoms with Crippen LogP contribution in [0, 0.1) is 0 Å². The van der Waals surface area contributed by atoms with E-state index < -0.39 is 0 Å². The first-order valence-electron chi connectivity index (χ1n) is 8.60. The van der Waals surface area contributed by atoms with Crippen molar-refractivity contribution >= 4 is 50.1 Å². The highest BCUT2D eigenvalue weighted by molar-refractivity contribution is 7.98. The molecule has 0 fully saturated rings. The minimum Gasteiger partial charge on any atom is -0.298 e. The Morgan fingerprint density at radius 3 is 2.29 bits per heavy atom. The van der Waals surface area contributed by atoms with Crippen molar-refractivity contribution in [3.8, 4) is 0 Å². The van der Waals surface area contributed by atoms with Crippen LogP contribution in [0.15, 0.2) is 77.7 Å². The molecule has 0 aliphatic heterocycles. The molecule has 0 bridgehead atoms. The number of rotatable bonds is 5. The Morgan fingerprint density at radius 1 is 0.893 bits per heavy atom.